The Morgan fingerprint density at radius 1 is 1.12 bits per heavy atom. The zero-order valence-corrected chi connectivity index (χ0v) is 14.6. The maximum atomic E-state index is 12.4. The van der Waals surface area contributed by atoms with E-state index in [2.05, 4.69) is 15.2 Å². The summed E-state index contributed by atoms with van der Waals surface area (Å²) in [4.78, 5) is 32.0. The van der Waals surface area contributed by atoms with Crippen molar-refractivity contribution < 1.29 is 9.59 Å². The molecular formula is C18H27N5O2. The van der Waals surface area contributed by atoms with Crippen molar-refractivity contribution in [1.82, 2.24) is 15.2 Å². The molecular weight excluding hydrogens is 318 g/mol. The summed E-state index contributed by atoms with van der Waals surface area (Å²) in [6.45, 7) is 3.22. The number of aromatic nitrogens is 1. The Kier molecular flexibility index (Phi) is 5.73. The van der Waals surface area contributed by atoms with Gasteiger partial charge >= 0.3 is 6.03 Å². The normalized spacial score (nSPS) is 19.7. The highest BCUT2D eigenvalue weighted by atomic mass is 16.2. The molecule has 0 aromatic carbocycles. The van der Waals surface area contributed by atoms with Crippen LogP contribution in [0.3, 0.4) is 0 Å². The summed E-state index contributed by atoms with van der Waals surface area (Å²) in [6, 6.07) is 6.18. The van der Waals surface area contributed by atoms with Crippen LogP contribution in [-0.2, 0) is 4.79 Å². The number of nitrogens with two attached hydrogens (primary N) is 1. The van der Waals surface area contributed by atoms with E-state index >= 15 is 0 Å². The summed E-state index contributed by atoms with van der Waals surface area (Å²) < 4.78 is 0. The lowest BCUT2D eigenvalue weighted by molar-refractivity contribution is -0.119. The van der Waals surface area contributed by atoms with Gasteiger partial charge in [0, 0.05) is 44.8 Å². The number of nitrogens with one attached hydrogen (secondary N) is 1. The Morgan fingerprint density at radius 2 is 1.84 bits per heavy atom. The highest BCUT2D eigenvalue weighted by molar-refractivity contribution is 5.75. The monoisotopic (exact) mass is 345 g/mol. The highest BCUT2D eigenvalue weighted by Gasteiger charge is 2.27. The second kappa shape index (κ2) is 8.18. The first-order valence-corrected chi connectivity index (χ1v) is 9.11. The van der Waals surface area contributed by atoms with Gasteiger partial charge in [0.25, 0.3) is 0 Å². The van der Waals surface area contributed by atoms with Crippen LogP contribution in [0.25, 0.3) is 0 Å². The SMILES string of the molecule is NC(=O)CC1CCN(C(=O)NC2CCN(c3ccccn3)CC2)CC1. The largest absolute Gasteiger partial charge is 0.370 e. The van der Waals surface area contributed by atoms with Crippen LogP contribution >= 0.6 is 0 Å². The molecule has 7 heteroatoms. The van der Waals surface area contributed by atoms with E-state index in [0.717, 1.165) is 44.6 Å². The van der Waals surface area contributed by atoms with Crippen molar-refractivity contribution in [3.05, 3.63) is 24.4 Å². The van der Waals surface area contributed by atoms with Crippen molar-refractivity contribution in [2.24, 2.45) is 11.7 Å². The fraction of sp³-hybridized carbons (Fsp3) is 0.611. The van der Waals surface area contributed by atoms with E-state index in [1.54, 1.807) is 0 Å². The van der Waals surface area contributed by atoms with Crippen LogP contribution in [0.15, 0.2) is 24.4 Å². The van der Waals surface area contributed by atoms with Crippen molar-refractivity contribution in [1.29, 1.82) is 0 Å². The van der Waals surface area contributed by atoms with E-state index in [1.165, 1.54) is 0 Å². The second-order valence-electron chi connectivity index (χ2n) is 7.00. The van der Waals surface area contributed by atoms with Gasteiger partial charge in [0.1, 0.15) is 5.82 Å². The van der Waals surface area contributed by atoms with E-state index in [1.807, 2.05) is 29.3 Å². The first-order valence-electron chi connectivity index (χ1n) is 9.11. The molecule has 2 aliphatic rings. The quantitative estimate of drug-likeness (QED) is 0.862. The predicted octanol–water partition coefficient (Wildman–Crippen LogP) is 1.35. The molecule has 3 rings (SSSR count). The lowest BCUT2D eigenvalue weighted by Crippen LogP contribution is -2.51. The maximum absolute atomic E-state index is 12.4. The number of pyridine rings is 1. The molecule has 0 saturated carbocycles. The lowest BCUT2D eigenvalue weighted by atomic mass is 9.93. The highest BCUT2D eigenvalue weighted by Crippen LogP contribution is 2.21. The molecule has 0 bridgehead atoms. The van der Waals surface area contributed by atoms with Crippen LogP contribution in [0, 0.1) is 5.92 Å². The molecule has 2 aliphatic heterocycles. The van der Waals surface area contributed by atoms with E-state index < -0.39 is 0 Å². The van der Waals surface area contributed by atoms with Gasteiger partial charge in [-0.15, -0.1) is 0 Å². The molecule has 3 heterocycles. The molecule has 0 aliphatic carbocycles. The van der Waals surface area contributed by atoms with Gasteiger partial charge in [0.2, 0.25) is 5.91 Å². The molecule has 136 valence electrons. The Bertz CT molecular complexity index is 578. The number of primary amides is 1. The fourth-order valence-electron chi connectivity index (χ4n) is 3.68. The molecule has 0 radical (unpaired) electrons. The summed E-state index contributed by atoms with van der Waals surface area (Å²) in [5.41, 5.74) is 5.25. The number of carbonyl (C=O) groups excluding carboxylic acids is 2. The maximum Gasteiger partial charge on any atom is 0.317 e. The summed E-state index contributed by atoms with van der Waals surface area (Å²) in [7, 11) is 0. The molecule has 25 heavy (non-hydrogen) atoms. The van der Waals surface area contributed by atoms with Gasteiger partial charge in [-0.3, -0.25) is 4.79 Å². The van der Waals surface area contributed by atoms with Gasteiger partial charge in [-0.25, -0.2) is 9.78 Å². The van der Waals surface area contributed by atoms with Crippen LogP contribution in [0.4, 0.5) is 10.6 Å². The van der Waals surface area contributed by atoms with Crippen molar-refractivity contribution in [3.63, 3.8) is 0 Å². The summed E-state index contributed by atoms with van der Waals surface area (Å²) in [6.07, 6.45) is 5.82. The van der Waals surface area contributed by atoms with E-state index in [4.69, 9.17) is 5.73 Å². The standard InChI is InChI=1S/C18H27N5O2/c19-16(24)13-14-4-9-23(10-5-14)18(25)21-15-6-11-22(12-7-15)17-3-1-2-8-20-17/h1-3,8,14-15H,4-7,9-13H2,(H2,19,24)(H,21,25). The second-order valence-corrected chi connectivity index (χ2v) is 7.00. The third kappa shape index (κ3) is 4.84. The number of anilines is 1. The van der Waals surface area contributed by atoms with Crippen LogP contribution in [0.5, 0.6) is 0 Å². The van der Waals surface area contributed by atoms with Gasteiger partial charge in [-0.05, 0) is 43.7 Å². The minimum Gasteiger partial charge on any atom is -0.370 e. The Balaban J connectivity index is 1.40. The average Bonchev–Trinajstić information content (AvgIpc) is 2.63. The first kappa shape index (κ1) is 17.5. The van der Waals surface area contributed by atoms with Crippen LogP contribution in [0.1, 0.15) is 32.1 Å². The Morgan fingerprint density at radius 3 is 2.44 bits per heavy atom. The third-order valence-electron chi connectivity index (χ3n) is 5.19. The summed E-state index contributed by atoms with van der Waals surface area (Å²) >= 11 is 0. The fourth-order valence-corrected chi connectivity index (χ4v) is 3.68. The van der Waals surface area contributed by atoms with E-state index in [-0.39, 0.29) is 18.0 Å². The smallest absolute Gasteiger partial charge is 0.317 e. The minimum atomic E-state index is -0.248. The number of hydrogen-bond acceptors (Lipinski definition) is 4. The number of carbonyl (C=O) groups is 2. The van der Waals surface area contributed by atoms with Gasteiger partial charge in [0.15, 0.2) is 0 Å². The number of hydrogen-bond donors (Lipinski definition) is 2. The van der Waals surface area contributed by atoms with Crippen LogP contribution < -0.4 is 16.0 Å². The Hall–Kier alpha value is -2.31. The molecule has 3 amide bonds. The van der Waals surface area contributed by atoms with Crippen molar-refractivity contribution in [2.45, 2.75) is 38.1 Å². The molecule has 0 atom stereocenters. The van der Waals surface area contributed by atoms with E-state index in [0.29, 0.717) is 25.4 Å². The van der Waals surface area contributed by atoms with Gasteiger partial charge in [-0.2, -0.15) is 0 Å². The first-order chi connectivity index (χ1) is 12.1. The molecule has 2 saturated heterocycles. The summed E-state index contributed by atoms with van der Waals surface area (Å²) in [5.74, 6) is 1.08. The number of likely N-dealkylation sites (tertiary alicyclic amines) is 1. The van der Waals surface area contributed by atoms with Gasteiger partial charge < -0.3 is 20.9 Å². The molecule has 1 aromatic rings. The number of urea groups is 1. The van der Waals surface area contributed by atoms with Crippen LogP contribution in [0.2, 0.25) is 0 Å². The number of piperidine rings is 2. The molecule has 7 nitrogen and oxygen atoms in total. The molecule has 3 N–H and O–H groups in total. The minimum absolute atomic E-state index is 0.0220. The van der Waals surface area contributed by atoms with Crippen molar-refractivity contribution in [2.75, 3.05) is 31.1 Å². The third-order valence-corrected chi connectivity index (χ3v) is 5.19. The number of rotatable bonds is 4. The lowest BCUT2D eigenvalue weighted by Gasteiger charge is -2.36. The topological polar surface area (TPSA) is 91.6 Å². The van der Waals surface area contributed by atoms with Crippen molar-refractivity contribution in [3.8, 4) is 0 Å². The van der Waals surface area contributed by atoms with E-state index in [9.17, 15) is 9.59 Å². The molecule has 0 spiro atoms. The number of amides is 3. The predicted molar refractivity (Wildman–Crippen MR) is 96.1 cm³/mol. The average molecular weight is 345 g/mol. The Labute approximate surface area is 148 Å². The zero-order chi connectivity index (χ0) is 17.6. The zero-order valence-electron chi connectivity index (χ0n) is 14.6. The molecule has 0 unspecified atom stereocenters. The van der Waals surface area contributed by atoms with Gasteiger partial charge in [0.05, 0.1) is 0 Å². The number of nitrogens with zero attached hydrogens (tertiary/aromatic N) is 3. The molecule has 2 fully saturated rings. The summed E-state index contributed by atoms with van der Waals surface area (Å²) in [5, 5.41) is 3.16. The molecule has 1 aromatic heterocycles. The van der Waals surface area contributed by atoms with Crippen LogP contribution in [-0.4, -0.2) is 54.0 Å². The van der Waals surface area contributed by atoms with Gasteiger partial charge in [-0.1, -0.05) is 6.07 Å². The van der Waals surface area contributed by atoms with Crippen molar-refractivity contribution >= 4 is 17.8 Å².